The summed E-state index contributed by atoms with van der Waals surface area (Å²) in [4.78, 5) is 23.9. The number of aliphatic hydroxyl groups excluding tert-OH is 1. The molecule has 1 aromatic carbocycles. The zero-order chi connectivity index (χ0) is 19.2. The molecule has 1 atom stereocenters. The van der Waals surface area contributed by atoms with Crippen LogP contribution in [0, 0.1) is 17.8 Å². The van der Waals surface area contributed by atoms with Gasteiger partial charge in [-0.3, -0.25) is 4.79 Å². The number of anilines is 1. The third-order valence-electron chi connectivity index (χ3n) is 4.36. The minimum Gasteiger partial charge on any atom is -0.372 e. The fourth-order valence-electron chi connectivity index (χ4n) is 3.02. The Morgan fingerprint density at radius 2 is 1.93 bits per heavy atom. The van der Waals surface area contributed by atoms with Crippen LogP contribution in [-0.4, -0.2) is 51.7 Å². The average molecular weight is 364 g/mol. The fourth-order valence-corrected chi connectivity index (χ4v) is 3.02. The summed E-state index contributed by atoms with van der Waals surface area (Å²) in [6.45, 7) is 5.48. The van der Waals surface area contributed by atoms with Crippen molar-refractivity contribution in [2.75, 3.05) is 24.5 Å². The van der Waals surface area contributed by atoms with E-state index in [1.165, 1.54) is 5.56 Å². The molecule has 2 aromatic rings. The monoisotopic (exact) mass is 364 g/mol. The van der Waals surface area contributed by atoms with Gasteiger partial charge in [-0.05, 0) is 36.1 Å². The van der Waals surface area contributed by atoms with E-state index >= 15 is 0 Å². The normalized spacial score (nSPS) is 16.8. The van der Waals surface area contributed by atoms with Crippen LogP contribution in [0.5, 0.6) is 0 Å². The van der Waals surface area contributed by atoms with Crippen molar-refractivity contribution in [1.82, 2.24) is 14.9 Å². The Balaban J connectivity index is 1.59. The number of benzene rings is 1. The van der Waals surface area contributed by atoms with Crippen LogP contribution in [0.4, 0.5) is 5.95 Å². The van der Waals surface area contributed by atoms with Gasteiger partial charge in [0.2, 0.25) is 5.95 Å². The van der Waals surface area contributed by atoms with Crippen molar-refractivity contribution in [3.8, 4) is 11.8 Å². The quantitative estimate of drug-likeness (QED) is 0.840. The first-order chi connectivity index (χ1) is 13.0. The molecule has 6 nitrogen and oxygen atoms in total. The van der Waals surface area contributed by atoms with Crippen molar-refractivity contribution in [1.29, 1.82) is 0 Å². The Morgan fingerprint density at radius 3 is 2.56 bits per heavy atom. The number of amides is 1. The molecule has 1 saturated heterocycles. The molecule has 140 valence electrons. The summed E-state index contributed by atoms with van der Waals surface area (Å²) < 4.78 is 0. The second-order valence-corrected chi connectivity index (χ2v) is 7.02. The number of hydrogen-bond donors (Lipinski definition) is 1. The highest BCUT2D eigenvalue weighted by Crippen LogP contribution is 2.14. The number of aromatic nitrogens is 2. The number of rotatable bonds is 3. The second-order valence-electron chi connectivity index (χ2n) is 7.02. The lowest BCUT2D eigenvalue weighted by Crippen LogP contribution is -2.55. The number of hydrogen-bond acceptors (Lipinski definition) is 5. The van der Waals surface area contributed by atoms with E-state index in [0.29, 0.717) is 25.0 Å². The molecular weight excluding hydrogens is 340 g/mol. The largest absolute Gasteiger partial charge is 0.372 e. The van der Waals surface area contributed by atoms with Crippen LogP contribution < -0.4 is 4.90 Å². The predicted molar refractivity (Wildman–Crippen MR) is 104 cm³/mol. The van der Waals surface area contributed by atoms with Crippen molar-refractivity contribution in [2.24, 2.45) is 5.92 Å². The van der Waals surface area contributed by atoms with Crippen LogP contribution in [0.15, 0.2) is 42.7 Å². The Morgan fingerprint density at radius 1 is 1.22 bits per heavy atom. The van der Waals surface area contributed by atoms with Crippen molar-refractivity contribution in [3.05, 3.63) is 53.9 Å². The molecule has 27 heavy (non-hydrogen) atoms. The molecule has 1 N–H and O–H groups in total. The van der Waals surface area contributed by atoms with Crippen molar-refractivity contribution < 1.29 is 9.90 Å². The van der Waals surface area contributed by atoms with Crippen LogP contribution in [-0.2, 0) is 11.2 Å². The van der Waals surface area contributed by atoms with Gasteiger partial charge in [0.25, 0.3) is 5.91 Å². The molecule has 1 fully saturated rings. The van der Waals surface area contributed by atoms with Gasteiger partial charge in [0.15, 0.2) is 0 Å². The molecular formula is C21H24N4O2. The van der Waals surface area contributed by atoms with Gasteiger partial charge in [-0.25, -0.2) is 9.97 Å². The van der Waals surface area contributed by atoms with Gasteiger partial charge in [-0.2, -0.15) is 0 Å². The molecule has 0 aliphatic carbocycles. The first kappa shape index (κ1) is 18.9. The molecule has 1 amide bonds. The zero-order valence-electron chi connectivity index (χ0n) is 15.7. The van der Waals surface area contributed by atoms with E-state index < -0.39 is 6.23 Å². The maximum atomic E-state index is 12.4. The Labute approximate surface area is 159 Å². The maximum absolute atomic E-state index is 12.4. The molecule has 0 saturated carbocycles. The maximum Gasteiger partial charge on any atom is 0.299 e. The third kappa shape index (κ3) is 5.05. The molecule has 0 radical (unpaired) electrons. The summed E-state index contributed by atoms with van der Waals surface area (Å²) in [7, 11) is 0. The van der Waals surface area contributed by atoms with Crippen LogP contribution in [0.1, 0.15) is 25.0 Å². The summed E-state index contributed by atoms with van der Waals surface area (Å²) >= 11 is 0. The second kappa shape index (κ2) is 8.65. The first-order valence-electron chi connectivity index (χ1n) is 9.14. The smallest absolute Gasteiger partial charge is 0.299 e. The Kier molecular flexibility index (Phi) is 6.05. The highest BCUT2D eigenvalue weighted by Gasteiger charge is 2.28. The number of β-amino-alcohol motifs (C(OH)–C–C–N with tert-alkyl or cyclic N) is 1. The van der Waals surface area contributed by atoms with Gasteiger partial charge in [0, 0.05) is 37.0 Å². The molecule has 1 unspecified atom stereocenters. The molecule has 0 bridgehead atoms. The Hall–Kier alpha value is -2.91. The molecule has 3 rings (SSSR count). The summed E-state index contributed by atoms with van der Waals surface area (Å²) in [5.41, 5.74) is 2.08. The van der Waals surface area contributed by atoms with Gasteiger partial charge >= 0.3 is 0 Å². The van der Waals surface area contributed by atoms with Gasteiger partial charge in [-0.1, -0.05) is 31.9 Å². The Bertz CT molecular complexity index is 825. The van der Waals surface area contributed by atoms with E-state index in [-0.39, 0.29) is 12.5 Å². The van der Waals surface area contributed by atoms with Crippen molar-refractivity contribution >= 4 is 11.9 Å². The number of nitrogens with zero attached hydrogens (tertiary/aromatic N) is 4. The number of piperazine rings is 1. The van der Waals surface area contributed by atoms with Gasteiger partial charge in [0.1, 0.15) is 6.23 Å². The van der Waals surface area contributed by atoms with E-state index in [2.05, 4.69) is 47.8 Å². The van der Waals surface area contributed by atoms with E-state index in [9.17, 15) is 9.90 Å². The fraction of sp³-hybridized carbons (Fsp3) is 0.381. The summed E-state index contributed by atoms with van der Waals surface area (Å²) in [5.74, 6) is 6.38. The van der Waals surface area contributed by atoms with E-state index in [4.69, 9.17) is 0 Å². The van der Waals surface area contributed by atoms with E-state index in [0.717, 1.165) is 12.0 Å². The van der Waals surface area contributed by atoms with Gasteiger partial charge in [-0.15, -0.1) is 0 Å². The minimum absolute atomic E-state index is 0.180. The summed E-state index contributed by atoms with van der Waals surface area (Å²) in [5, 5.41) is 10.3. The SMILES string of the molecule is CC(C)Cc1ccc(C#CC(=O)N2CCN(c3ncccn3)C(O)C2)cc1. The number of aliphatic hydroxyl groups is 1. The van der Waals surface area contributed by atoms with Crippen molar-refractivity contribution in [3.63, 3.8) is 0 Å². The van der Waals surface area contributed by atoms with Crippen LogP contribution in [0.3, 0.4) is 0 Å². The topological polar surface area (TPSA) is 69.6 Å². The van der Waals surface area contributed by atoms with Crippen LogP contribution in [0.2, 0.25) is 0 Å². The van der Waals surface area contributed by atoms with E-state index in [1.54, 1.807) is 28.3 Å². The molecule has 2 heterocycles. The van der Waals surface area contributed by atoms with Crippen molar-refractivity contribution in [2.45, 2.75) is 26.5 Å². The lowest BCUT2D eigenvalue weighted by Gasteiger charge is -2.37. The first-order valence-corrected chi connectivity index (χ1v) is 9.14. The van der Waals surface area contributed by atoms with E-state index in [1.807, 2.05) is 12.1 Å². The number of carbonyl (C=O) groups excluding carboxylic acids is 1. The third-order valence-corrected chi connectivity index (χ3v) is 4.36. The minimum atomic E-state index is -0.845. The molecule has 1 aliphatic heterocycles. The number of carbonyl (C=O) groups is 1. The van der Waals surface area contributed by atoms with Crippen LogP contribution in [0.25, 0.3) is 0 Å². The summed E-state index contributed by atoms with van der Waals surface area (Å²) in [6.07, 6.45) is 3.44. The molecule has 0 spiro atoms. The highest BCUT2D eigenvalue weighted by molar-refractivity contribution is 5.94. The predicted octanol–water partition coefficient (Wildman–Crippen LogP) is 1.69. The molecule has 6 heteroatoms. The molecule has 1 aromatic heterocycles. The van der Waals surface area contributed by atoms with Crippen LogP contribution >= 0.6 is 0 Å². The summed E-state index contributed by atoms with van der Waals surface area (Å²) in [6, 6.07) is 9.71. The van der Waals surface area contributed by atoms with Gasteiger partial charge in [0.05, 0.1) is 6.54 Å². The standard InChI is InChI=1S/C21H24N4O2/c1-16(2)14-18-6-4-17(5-7-18)8-9-19(26)24-12-13-25(20(27)15-24)21-22-10-3-11-23-21/h3-7,10-11,16,20,27H,12-15H2,1-2H3. The van der Waals surface area contributed by atoms with Gasteiger partial charge < -0.3 is 14.9 Å². The highest BCUT2D eigenvalue weighted by atomic mass is 16.3. The lowest BCUT2D eigenvalue weighted by atomic mass is 10.0. The lowest BCUT2D eigenvalue weighted by molar-refractivity contribution is -0.127. The molecule has 1 aliphatic rings. The zero-order valence-corrected chi connectivity index (χ0v) is 15.7. The average Bonchev–Trinajstić information content (AvgIpc) is 2.67.